The van der Waals surface area contributed by atoms with Crippen molar-refractivity contribution >= 4 is 0 Å². The van der Waals surface area contributed by atoms with Crippen molar-refractivity contribution in [3.63, 3.8) is 0 Å². The second-order valence-corrected chi connectivity index (χ2v) is 4.25. The highest BCUT2D eigenvalue weighted by atomic mass is 16.5. The summed E-state index contributed by atoms with van der Waals surface area (Å²) < 4.78 is 10.6. The first-order chi connectivity index (χ1) is 7.67. The number of morpholine rings is 1. The van der Waals surface area contributed by atoms with Gasteiger partial charge in [-0.3, -0.25) is 4.90 Å². The van der Waals surface area contributed by atoms with Gasteiger partial charge in [0.05, 0.1) is 32.0 Å². The van der Waals surface area contributed by atoms with Gasteiger partial charge in [-0.25, -0.2) is 0 Å². The lowest BCUT2D eigenvalue weighted by atomic mass is 10.2. The fraction of sp³-hybridized carbons (Fsp3) is 1.00. The maximum absolute atomic E-state index is 9.74. The molecule has 3 unspecified atom stereocenters. The van der Waals surface area contributed by atoms with Crippen molar-refractivity contribution in [3.05, 3.63) is 0 Å². The standard InChI is InChI=1S/C11H23NO4/c1-3-15-8-10(14)4-12-5-11(6-13)16-7-9(12)2/h9-11,13-14H,3-8H2,1-2H3. The van der Waals surface area contributed by atoms with Crippen molar-refractivity contribution in [1.29, 1.82) is 0 Å². The normalized spacial score (nSPS) is 29.2. The van der Waals surface area contributed by atoms with Crippen LogP contribution in [0.5, 0.6) is 0 Å². The summed E-state index contributed by atoms with van der Waals surface area (Å²) in [7, 11) is 0. The van der Waals surface area contributed by atoms with Gasteiger partial charge in [0.1, 0.15) is 0 Å². The Bertz CT molecular complexity index is 191. The van der Waals surface area contributed by atoms with Crippen molar-refractivity contribution in [2.45, 2.75) is 32.1 Å². The minimum absolute atomic E-state index is 0.0325. The number of aliphatic hydroxyl groups excluding tert-OH is 2. The average Bonchev–Trinajstić information content (AvgIpc) is 2.29. The summed E-state index contributed by atoms with van der Waals surface area (Å²) >= 11 is 0. The van der Waals surface area contributed by atoms with Crippen LogP contribution in [0.4, 0.5) is 0 Å². The van der Waals surface area contributed by atoms with E-state index in [1.54, 1.807) is 0 Å². The number of hydrogen-bond donors (Lipinski definition) is 2. The third-order valence-corrected chi connectivity index (χ3v) is 2.80. The molecule has 16 heavy (non-hydrogen) atoms. The third kappa shape index (κ3) is 4.35. The van der Waals surface area contributed by atoms with Crippen LogP contribution in [-0.4, -0.2) is 72.9 Å². The van der Waals surface area contributed by atoms with Gasteiger partial charge in [0, 0.05) is 25.7 Å². The highest BCUT2D eigenvalue weighted by Crippen LogP contribution is 2.11. The molecule has 1 aliphatic rings. The van der Waals surface area contributed by atoms with Gasteiger partial charge < -0.3 is 19.7 Å². The third-order valence-electron chi connectivity index (χ3n) is 2.80. The van der Waals surface area contributed by atoms with E-state index in [-0.39, 0.29) is 18.8 Å². The van der Waals surface area contributed by atoms with Crippen molar-refractivity contribution < 1.29 is 19.7 Å². The van der Waals surface area contributed by atoms with Gasteiger partial charge in [0.2, 0.25) is 0 Å². The molecule has 1 saturated heterocycles. The number of hydrogen-bond acceptors (Lipinski definition) is 5. The van der Waals surface area contributed by atoms with Gasteiger partial charge in [-0.05, 0) is 13.8 Å². The second-order valence-electron chi connectivity index (χ2n) is 4.25. The van der Waals surface area contributed by atoms with Crippen LogP contribution in [0.1, 0.15) is 13.8 Å². The molecule has 0 aliphatic carbocycles. The van der Waals surface area contributed by atoms with Crippen molar-refractivity contribution in [3.8, 4) is 0 Å². The lowest BCUT2D eigenvalue weighted by Gasteiger charge is -2.38. The molecule has 5 nitrogen and oxygen atoms in total. The van der Waals surface area contributed by atoms with Crippen LogP contribution in [0.15, 0.2) is 0 Å². The second kappa shape index (κ2) is 7.19. The van der Waals surface area contributed by atoms with Gasteiger partial charge >= 0.3 is 0 Å². The van der Waals surface area contributed by atoms with Crippen molar-refractivity contribution in [2.24, 2.45) is 0 Å². The fourth-order valence-corrected chi connectivity index (χ4v) is 1.82. The Balaban J connectivity index is 2.32. The molecule has 0 bridgehead atoms. The number of aliphatic hydroxyl groups is 2. The molecule has 1 aliphatic heterocycles. The molecule has 0 aromatic carbocycles. The first kappa shape index (κ1) is 13.9. The Morgan fingerprint density at radius 1 is 1.56 bits per heavy atom. The summed E-state index contributed by atoms with van der Waals surface area (Å²) in [5.74, 6) is 0. The number of rotatable bonds is 6. The first-order valence-electron chi connectivity index (χ1n) is 5.89. The lowest BCUT2D eigenvalue weighted by Crippen LogP contribution is -2.52. The van der Waals surface area contributed by atoms with Gasteiger partial charge in [0.15, 0.2) is 0 Å². The molecule has 0 aromatic rings. The molecule has 2 N–H and O–H groups in total. The van der Waals surface area contributed by atoms with Crippen LogP contribution in [0.25, 0.3) is 0 Å². The van der Waals surface area contributed by atoms with E-state index >= 15 is 0 Å². The zero-order valence-corrected chi connectivity index (χ0v) is 10.1. The predicted octanol–water partition coefficient (Wildman–Crippen LogP) is -0.535. The number of ether oxygens (including phenoxy) is 2. The molecule has 0 radical (unpaired) electrons. The molecule has 0 amide bonds. The molecule has 5 heteroatoms. The van der Waals surface area contributed by atoms with E-state index in [1.165, 1.54) is 0 Å². The van der Waals surface area contributed by atoms with Crippen LogP contribution < -0.4 is 0 Å². The Morgan fingerprint density at radius 3 is 2.94 bits per heavy atom. The predicted molar refractivity (Wildman–Crippen MR) is 60.4 cm³/mol. The molecule has 96 valence electrons. The summed E-state index contributed by atoms with van der Waals surface area (Å²) in [4.78, 5) is 2.13. The highest BCUT2D eigenvalue weighted by molar-refractivity contribution is 4.78. The summed E-state index contributed by atoms with van der Waals surface area (Å²) in [6.45, 7) is 6.82. The van der Waals surface area contributed by atoms with E-state index in [2.05, 4.69) is 11.8 Å². The van der Waals surface area contributed by atoms with Crippen LogP contribution in [0.3, 0.4) is 0 Å². The summed E-state index contributed by atoms with van der Waals surface area (Å²) in [5, 5.41) is 18.8. The topological polar surface area (TPSA) is 62.2 Å². The maximum atomic E-state index is 9.74. The van der Waals surface area contributed by atoms with Crippen molar-refractivity contribution in [1.82, 2.24) is 4.90 Å². The Labute approximate surface area is 97.0 Å². The van der Waals surface area contributed by atoms with E-state index in [4.69, 9.17) is 14.6 Å². The van der Waals surface area contributed by atoms with Crippen LogP contribution in [0.2, 0.25) is 0 Å². The maximum Gasteiger partial charge on any atom is 0.0933 e. The molecule has 0 spiro atoms. The summed E-state index contributed by atoms with van der Waals surface area (Å²) in [6.07, 6.45) is -0.602. The lowest BCUT2D eigenvalue weighted by molar-refractivity contribution is -0.0916. The summed E-state index contributed by atoms with van der Waals surface area (Å²) in [5.41, 5.74) is 0. The van der Waals surface area contributed by atoms with Gasteiger partial charge in [-0.15, -0.1) is 0 Å². The largest absolute Gasteiger partial charge is 0.394 e. The minimum Gasteiger partial charge on any atom is -0.394 e. The fourth-order valence-electron chi connectivity index (χ4n) is 1.82. The molecule has 0 aromatic heterocycles. The van der Waals surface area contributed by atoms with E-state index in [0.29, 0.717) is 32.9 Å². The molecular weight excluding hydrogens is 210 g/mol. The Kier molecular flexibility index (Phi) is 6.23. The van der Waals surface area contributed by atoms with Gasteiger partial charge in [0.25, 0.3) is 0 Å². The summed E-state index contributed by atoms with van der Waals surface area (Å²) in [6, 6.07) is 0.277. The molecule has 1 fully saturated rings. The quantitative estimate of drug-likeness (QED) is 0.645. The van der Waals surface area contributed by atoms with Crippen LogP contribution >= 0.6 is 0 Å². The molecule has 0 saturated carbocycles. The molecule has 1 rings (SSSR count). The number of nitrogens with zero attached hydrogens (tertiary/aromatic N) is 1. The monoisotopic (exact) mass is 233 g/mol. The van der Waals surface area contributed by atoms with E-state index in [1.807, 2.05) is 6.92 Å². The van der Waals surface area contributed by atoms with Crippen molar-refractivity contribution in [2.75, 3.05) is 39.5 Å². The molecular formula is C11H23NO4. The first-order valence-corrected chi connectivity index (χ1v) is 5.89. The molecule has 1 heterocycles. The average molecular weight is 233 g/mol. The van der Waals surface area contributed by atoms with E-state index < -0.39 is 6.10 Å². The Hall–Kier alpha value is -0.200. The highest BCUT2D eigenvalue weighted by Gasteiger charge is 2.26. The molecule has 3 atom stereocenters. The van der Waals surface area contributed by atoms with E-state index in [0.717, 1.165) is 0 Å². The van der Waals surface area contributed by atoms with Crippen LogP contribution in [-0.2, 0) is 9.47 Å². The van der Waals surface area contributed by atoms with E-state index in [9.17, 15) is 5.11 Å². The SMILES string of the molecule is CCOCC(O)CN1CC(CO)OCC1C. The van der Waals surface area contributed by atoms with Gasteiger partial charge in [-0.1, -0.05) is 0 Å². The van der Waals surface area contributed by atoms with Crippen LogP contribution in [0, 0.1) is 0 Å². The van der Waals surface area contributed by atoms with Gasteiger partial charge in [-0.2, -0.15) is 0 Å². The Morgan fingerprint density at radius 2 is 2.31 bits per heavy atom. The zero-order valence-electron chi connectivity index (χ0n) is 10.1. The smallest absolute Gasteiger partial charge is 0.0933 e. The zero-order chi connectivity index (χ0) is 12.0. The number of β-amino-alcohol motifs (C(OH)–C–C–N with tert-alkyl or cyclic N) is 1. The minimum atomic E-state index is -0.472.